The van der Waals surface area contributed by atoms with E-state index in [1.54, 1.807) is 25.1 Å². The summed E-state index contributed by atoms with van der Waals surface area (Å²) < 4.78 is 76.0. The van der Waals surface area contributed by atoms with Crippen LogP contribution in [0.3, 0.4) is 0 Å². The molecule has 0 bridgehead atoms. The summed E-state index contributed by atoms with van der Waals surface area (Å²) in [6.45, 7) is 2.44. The SMILES string of the molecule is C#C/C(C#N)=C\C(=C/C)S(=O)(=O)N1CC(N2CCCC2C(F)(F)F)CC1C(=O)N[C@@H](Cc1ccc(NC(=O)c2c(Cl)cncc2Cl)cc1)C(=O)OCC. The third-order valence-electron chi connectivity index (χ3n) is 8.75. The molecule has 1 aromatic heterocycles. The minimum absolute atomic E-state index is 0.0143. The van der Waals surface area contributed by atoms with Crippen molar-refractivity contribution >= 4 is 56.7 Å². The molecule has 18 heteroatoms. The number of allylic oxidation sites excluding steroid dienone is 3. The molecule has 2 fully saturated rings. The molecule has 0 radical (unpaired) electrons. The Morgan fingerprint density at radius 1 is 1.19 bits per heavy atom. The number of nitrogens with zero attached hydrogens (tertiary/aromatic N) is 4. The second kappa shape index (κ2) is 17.6. The predicted molar refractivity (Wildman–Crippen MR) is 191 cm³/mol. The fourth-order valence-electron chi connectivity index (χ4n) is 6.28. The fourth-order valence-corrected chi connectivity index (χ4v) is 8.54. The van der Waals surface area contributed by atoms with Crippen molar-refractivity contribution in [1.82, 2.24) is 19.5 Å². The number of likely N-dealkylation sites (tertiary alicyclic amines) is 1. The maximum atomic E-state index is 14.0. The Morgan fingerprint density at radius 2 is 1.85 bits per heavy atom. The van der Waals surface area contributed by atoms with E-state index < -0.39 is 69.6 Å². The van der Waals surface area contributed by atoms with Crippen molar-refractivity contribution in [2.75, 3.05) is 25.0 Å². The van der Waals surface area contributed by atoms with Crippen LogP contribution in [0.15, 0.2) is 59.3 Å². The number of terminal acetylenes is 1. The number of hydrogen-bond acceptors (Lipinski definition) is 9. The first-order valence-corrected chi connectivity index (χ1v) is 18.5. The summed E-state index contributed by atoms with van der Waals surface area (Å²) in [5, 5.41) is 14.6. The summed E-state index contributed by atoms with van der Waals surface area (Å²) in [5.74, 6) is -0.317. The minimum atomic E-state index is -4.61. The average Bonchev–Trinajstić information content (AvgIpc) is 3.78. The lowest BCUT2D eigenvalue weighted by Crippen LogP contribution is -2.52. The molecular weight excluding hydrogens is 760 g/mol. The van der Waals surface area contributed by atoms with Crippen LogP contribution in [0, 0.1) is 23.7 Å². The third-order valence-corrected chi connectivity index (χ3v) is 11.3. The van der Waals surface area contributed by atoms with Gasteiger partial charge in [0.15, 0.2) is 0 Å². The van der Waals surface area contributed by atoms with Crippen LogP contribution in [0.2, 0.25) is 10.0 Å². The molecule has 0 aliphatic carbocycles. The van der Waals surface area contributed by atoms with Crippen LogP contribution in [0.4, 0.5) is 18.9 Å². The van der Waals surface area contributed by atoms with Crippen LogP contribution < -0.4 is 10.6 Å². The number of esters is 1. The van der Waals surface area contributed by atoms with Crippen LogP contribution in [0.1, 0.15) is 49.0 Å². The molecule has 4 atom stereocenters. The van der Waals surface area contributed by atoms with Gasteiger partial charge < -0.3 is 15.4 Å². The van der Waals surface area contributed by atoms with E-state index in [0.29, 0.717) is 11.3 Å². The van der Waals surface area contributed by atoms with Crippen molar-refractivity contribution in [3.8, 4) is 18.4 Å². The van der Waals surface area contributed by atoms with Crippen molar-refractivity contribution < 1.29 is 40.7 Å². The van der Waals surface area contributed by atoms with Gasteiger partial charge in [0.05, 0.1) is 27.1 Å². The molecule has 53 heavy (non-hydrogen) atoms. The standard InChI is InChI=1S/C35H35Cl2F3N6O6S/c1-4-21(17-41)14-25(5-2)53(50,51)46-20-24(45-13-7-8-30(45)35(38,39)40)16-29(46)32(47)44-28(34(49)52-6-3)15-22-9-11-23(12-10-22)43-33(48)31-26(36)18-42-19-27(31)37/h1,5,9-12,14,18-19,24,28-30H,6-8,13,15-16,20H2,2-3H3,(H,43,48)(H,44,47)/b21-14+,25-5+/t24?,28-,29?,30?/m0/s1. The van der Waals surface area contributed by atoms with Gasteiger partial charge in [-0.3, -0.25) is 19.5 Å². The molecule has 2 saturated heterocycles. The molecule has 2 aliphatic rings. The van der Waals surface area contributed by atoms with E-state index in [0.717, 1.165) is 16.5 Å². The van der Waals surface area contributed by atoms with E-state index in [1.807, 2.05) is 0 Å². The maximum Gasteiger partial charge on any atom is 0.404 e. The van der Waals surface area contributed by atoms with Crippen LogP contribution in [0.25, 0.3) is 0 Å². The normalized spacial score (nSPS) is 20.7. The molecular formula is C35H35Cl2F3N6O6S. The highest BCUT2D eigenvalue weighted by atomic mass is 35.5. The number of carbonyl (C=O) groups is 3. The average molecular weight is 796 g/mol. The number of amides is 2. The Labute approximate surface area is 315 Å². The number of alkyl halides is 3. The van der Waals surface area contributed by atoms with Gasteiger partial charge in [0.2, 0.25) is 15.9 Å². The Kier molecular flexibility index (Phi) is 13.7. The highest BCUT2D eigenvalue weighted by Crippen LogP contribution is 2.38. The molecule has 2 amide bonds. The summed E-state index contributed by atoms with van der Waals surface area (Å²) in [6, 6.07) is 2.17. The zero-order chi connectivity index (χ0) is 39.1. The van der Waals surface area contributed by atoms with E-state index in [1.165, 1.54) is 36.4 Å². The second-order valence-corrected chi connectivity index (χ2v) is 14.8. The first kappa shape index (κ1) is 41.3. The van der Waals surface area contributed by atoms with Gasteiger partial charge in [-0.2, -0.15) is 22.7 Å². The Hall–Kier alpha value is -4.45. The van der Waals surface area contributed by atoms with Crippen LogP contribution in [0.5, 0.6) is 0 Å². The highest BCUT2D eigenvalue weighted by molar-refractivity contribution is 7.93. The van der Waals surface area contributed by atoms with Crippen molar-refractivity contribution in [2.24, 2.45) is 0 Å². The van der Waals surface area contributed by atoms with Gasteiger partial charge >= 0.3 is 12.1 Å². The van der Waals surface area contributed by atoms with E-state index in [2.05, 4.69) is 21.5 Å². The Balaban J connectivity index is 1.61. The summed E-state index contributed by atoms with van der Waals surface area (Å²) in [6.07, 6.45) is 4.97. The number of benzene rings is 1. The predicted octanol–water partition coefficient (Wildman–Crippen LogP) is 5.02. The van der Waals surface area contributed by atoms with Gasteiger partial charge in [-0.25, -0.2) is 13.2 Å². The van der Waals surface area contributed by atoms with Crippen LogP contribution in [-0.4, -0.2) is 90.4 Å². The molecule has 2 aromatic rings. The molecule has 4 rings (SSSR count). The summed E-state index contributed by atoms with van der Waals surface area (Å²) >= 11 is 12.2. The smallest absolute Gasteiger partial charge is 0.404 e. The molecule has 3 unspecified atom stereocenters. The highest BCUT2D eigenvalue weighted by Gasteiger charge is 2.53. The Bertz CT molecular complexity index is 1940. The topological polar surface area (TPSA) is 162 Å². The van der Waals surface area contributed by atoms with E-state index in [4.69, 9.17) is 34.4 Å². The molecule has 0 spiro atoms. The van der Waals surface area contributed by atoms with Gasteiger partial charge in [0.1, 0.15) is 29.8 Å². The maximum absolute atomic E-state index is 14.0. The van der Waals surface area contributed by atoms with E-state index >= 15 is 0 Å². The lowest BCUT2D eigenvalue weighted by molar-refractivity contribution is -0.180. The monoisotopic (exact) mass is 794 g/mol. The van der Waals surface area contributed by atoms with Crippen molar-refractivity contribution in [3.63, 3.8) is 0 Å². The minimum Gasteiger partial charge on any atom is -0.464 e. The van der Waals surface area contributed by atoms with Crippen molar-refractivity contribution in [1.29, 1.82) is 5.26 Å². The van der Waals surface area contributed by atoms with Crippen molar-refractivity contribution in [3.05, 3.63) is 80.5 Å². The van der Waals surface area contributed by atoms with Crippen molar-refractivity contribution in [2.45, 2.75) is 69.9 Å². The number of nitriles is 1. The quantitative estimate of drug-likeness (QED) is 0.130. The largest absolute Gasteiger partial charge is 0.464 e. The second-order valence-electron chi connectivity index (χ2n) is 12.1. The van der Waals surface area contributed by atoms with Gasteiger partial charge in [-0.15, -0.1) is 6.42 Å². The number of sulfonamides is 1. The molecule has 0 saturated carbocycles. The third kappa shape index (κ3) is 9.76. The number of pyridine rings is 1. The zero-order valence-corrected chi connectivity index (χ0v) is 30.8. The van der Waals surface area contributed by atoms with Crippen LogP contribution >= 0.6 is 23.2 Å². The lowest BCUT2D eigenvalue weighted by atomic mass is 10.0. The van der Waals surface area contributed by atoms with Gasteiger partial charge in [-0.1, -0.05) is 47.3 Å². The van der Waals surface area contributed by atoms with E-state index in [-0.39, 0.29) is 60.0 Å². The molecule has 282 valence electrons. The summed E-state index contributed by atoms with van der Waals surface area (Å²) in [5.41, 5.74) is 0.530. The molecule has 2 aliphatic heterocycles. The number of ether oxygens (including phenoxy) is 1. The Morgan fingerprint density at radius 3 is 2.42 bits per heavy atom. The fraction of sp³-hybridized carbons (Fsp3) is 0.400. The lowest BCUT2D eigenvalue weighted by Gasteiger charge is -2.31. The molecule has 12 nitrogen and oxygen atoms in total. The molecule has 1 aromatic carbocycles. The van der Waals surface area contributed by atoms with E-state index in [9.17, 15) is 41.2 Å². The van der Waals surface area contributed by atoms with Gasteiger partial charge in [0.25, 0.3) is 5.91 Å². The molecule has 3 heterocycles. The van der Waals surface area contributed by atoms with Crippen LogP contribution in [-0.2, 0) is 30.8 Å². The number of halogens is 5. The number of aromatic nitrogens is 1. The first-order valence-electron chi connectivity index (χ1n) is 16.3. The number of nitrogens with one attached hydrogen (secondary N) is 2. The number of carbonyl (C=O) groups excluding carboxylic acids is 3. The van der Waals surface area contributed by atoms with Gasteiger partial charge in [0, 0.05) is 37.1 Å². The number of rotatable bonds is 12. The summed E-state index contributed by atoms with van der Waals surface area (Å²) in [7, 11) is -4.61. The van der Waals surface area contributed by atoms with Gasteiger partial charge in [-0.05, 0) is 63.4 Å². The number of hydrogen-bond donors (Lipinski definition) is 2. The number of anilines is 1. The summed E-state index contributed by atoms with van der Waals surface area (Å²) in [4.78, 5) is 44.5. The zero-order valence-electron chi connectivity index (χ0n) is 28.5. The first-order chi connectivity index (χ1) is 25.0. The molecule has 2 N–H and O–H groups in total.